The van der Waals surface area contributed by atoms with Crippen LogP contribution < -0.4 is 5.32 Å². The van der Waals surface area contributed by atoms with E-state index in [2.05, 4.69) is 10.2 Å². The van der Waals surface area contributed by atoms with Gasteiger partial charge in [0.25, 0.3) is 5.91 Å². The van der Waals surface area contributed by atoms with Crippen LogP contribution in [-0.4, -0.2) is 78.5 Å². The van der Waals surface area contributed by atoms with Crippen LogP contribution in [0.3, 0.4) is 0 Å². The van der Waals surface area contributed by atoms with Crippen LogP contribution in [0, 0.1) is 5.82 Å². The molecule has 2 aliphatic rings. The minimum atomic E-state index is -0.769. The number of esters is 1. The molecular weight excluding hydrogens is 511 g/mol. The van der Waals surface area contributed by atoms with Crippen LogP contribution >= 0.6 is 11.6 Å². The van der Waals surface area contributed by atoms with Gasteiger partial charge in [0, 0.05) is 55.6 Å². The normalized spacial score (nSPS) is 18.7. The molecule has 202 valence electrons. The second kappa shape index (κ2) is 12.4. The molecule has 10 heteroatoms. The molecule has 1 atom stereocenters. The standard InChI is InChI=1S/C28H32ClFN4O4/c1-3-34-23(18-32-14-5-15-33(17-16-32)26(35)20-6-10-21(29)11-7-20)24(27(36)38-4-2)25(31-28(34)37)19-8-12-22(30)13-9-19/h6-13,25H,3-5,14-18H2,1-2H3,(H,31,37). The van der Waals surface area contributed by atoms with Gasteiger partial charge in [0.05, 0.1) is 18.2 Å². The summed E-state index contributed by atoms with van der Waals surface area (Å²) in [6, 6.07) is 11.5. The summed E-state index contributed by atoms with van der Waals surface area (Å²) in [4.78, 5) is 44.9. The van der Waals surface area contributed by atoms with Gasteiger partial charge in [-0.25, -0.2) is 14.0 Å². The summed E-state index contributed by atoms with van der Waals surface area (Å²) >= 11 is 5.97. The predicted octanol–water partition coefficient (Wildman–Crippen LogP) is 4.23. The third-order valence-electron chi connectivity index (χ3n) is 6.79. The lowest BCUT2D eigenvalue weighted by Gasteiger charge is -2.38. The maximum Gasteiger partial charge on any atom is 0.338 e. The Hall–Kier alpha value is -3.43. The maximum atomic E-state index is 13.6. The Labute approximate surface area is 227 Å². The fraction of sp³-hybridized carbons (Fsp3) is 0.393. The molecule has 0 radical (unpaired) electrons. The van der Waals surface area contributed by atoms with Gasteiger partial charge in [0.2, 0.25) is 0 Å². The molecule has 0 bridgehead atoms. The highest BCUT2D eigenvalue weighted by molar-refractivity contribution is 6.30. The van der Waals surface area contributed by atoms with E-state index in [1.807, 2.05) is 11.8 Å². The zero-order valence-corrected chi connectivity index (χ0v) is 22.3. The zero-order valence-electron chi connectivity index (χ0n) is 21.6. The Morgan fingerprint density at radius 1 is 1.03 bits per heavy atom. The number of nitrogens with one attached hydrogen (secondary N) is 1. The van der Waals surface area contributed by atoms with E-state index in [1.165, 1.54) is 12.1 Å². The Kier molecular flexibility index (Phi) is 9.01. The van der Waals surface area contributed by atoms with E-state index in [0.29, 0.717) is 66.7 Å². The largest absolute Gasteiger partial charge is 0.463 e. The van der Waals surface area contributed by atoms with E-state index in [4.69, 9.17) is 16.3 Å². The molecule has 4 rings (SSSR count). The monoisotopic (exact) mass is 542 g/mol. The van der Waals surface area contributed by atoms with Crippen LogP contribution in [0.15, 0.2) is 59.8 Å². The number of nitrogens with zero attached hydrogens (tertiary/aromatic N) is 3. The molecule has 1 N–H and O–H groups in total. The topological polar surface area (TPSA) is 82.2 Å². The van der Waals surface area contributed by atoms with Crippen molar-refractivity contribution in [2.45, 2.75) is 26.3 Å². The van der Waals surface area contributed by atoms with Crippen LogP contribution in [0.1, 0.15) is 42.2 Å². The van der Waals surface area contributed by atoms with Gasteiger partial charge in [-0.2, -0.15) is 0 Å². The van der Waals surface area contributed by atoms with E-state index in [1.54, 1.807) is 48.2 Å². The van der Waals surface area contributed by atoms with Gasteiger partial charge in [0.15, 0.2) is 0 Å². The first-order valence-corrected chi connectivity index (χ1v) is 13.2. The summed E-state index contributed by atoms with van der Waals surface area (Å²) in [6.45, 7) is 6.79. The number of rotatable bonds is 7. The number of halogens is 2. The quantitative estimate of drug-likeness (QED) is 0.530. The Balaban J connectivity index is 1.61. The fourth-order valence-electron chi connectivity index (χ4n) is 4.88. The van der Waals surface area contributed by atoms with Crippen molar-refractivity contribution in [1.29, 1.82) is 0 Å². The third-order valence-corrected chi connectivity index (χ3v) is 7.05. The van der Waals surface area contributed by atoms with Crippen molar-refractivity contribution in [3.05, 3.63) is 81.8 Å². The summed E-state index contributed by atoms with van der Waals surface area (Å²) in [5, 5.41) is 3.47. The Morgan fingerprint density at radius 2 is 1.74 bits per heavy atom. The highest BCUT2D eigenvalue weighted by atomic mass is 35.5. The van der Waals surface area contributed by atoms with Crippen molar-refractivity contribution in [2.24, 2.45) is 0 Å². The highest BCUT2D eigenvalue weighted by Gasteiger charge is 2.38. The number of urea groups is 1. The highest BCUT2D eigenvalue weighted by Crippen LogP contribution is 2.32. The van der Waals surface area contributed by atoms with Crippen molar-refractivity contribution < 1.29 is 23.5 Å². The smallest absolute Gasteiger partial charge is 0.338 e. The molecule has 0 saturated carbocycles. The van der Waals surface area contributed by atoms with Crippen molar-refractivity contribution in [3.63, 3.8) is 0 Å². The molecule has 3 amide bonds. The minimum absolute atomic E-state index is 0.0569. The van der Waals surface area contributed by atoms with Crippen molar-refractivity contribution >= 4 is 29.5 Å². The average molecular weight is 543 g/mol. The Bertz CT molecular complexity index is 1200. The number of ether oxygens (including phenoxy) is 1. The van der Waals surface area contributed by atoms with Crippen LogP contribution in [-0.2, 0) is 9.53 Å². The first-order chi connectivity index (χ1) is 18.3. The molecule has 0 aliphatic carbocycles. The summed E-state index contributed by atoms with van der Waals surface area (Å²) in [7, 11) is 0. The number of benzene rings is 2. The van der Waals surface area contributed by atoms with Gasteiger partial charge in [0.1, 0.15) is 5.82 Å². The first kappa shape index (κ1) is 27.6. The van der Waals surface area contributed by atoms with Crippen LogP contribution in [0.5, 0.6) is 0 Å². The van der Waals surface area contributed by atoms with E-state index < -0.39 is 17.8 Å². The van der Waals surface area contributed by atoms with Gasteiger partial charge >= 0.3 is 12.0 Å². The second-order valence-corrected chi connectivity index (χ2v) is 9.62. The number of carbonyl (C=O) groups excluding carboxylic acids is 3. The van der Waals surface area contributed by atoms with Crippen LogP contribution in [0.4, 0.5) is 9.18 Å². The number of hydrogen-bond donors (Lipinski definition) is 1. The van der Waals surface area contributed by atoms with Crippen molar-refractivity contribution in [1.82, 2.24) is 20.0 Å². The van der Waals surface area contributed by atoms with E-state index in [0.717, 1.165) is 6.42 Å². The second-order valence-electron chi connectivity index (χ2n) is 9.19. The summed E-state index contributed by atoms with van der Waals surface area (Å²) in [6.07, 6.45) is 0.737. The molecule has 2 aromatic carbocycles. The lowest BCUT2D eigenvalue weighted by Crippen LogP contribution is -2.51. The molecule has 2 aromatic rings. The third kappa shape index (κ3) is 6.16. The zero-order chi connectivity index (χ0) is 27.2. The molecule has 2 aliphatic heterocycles. The van der Waals surface area contributed by atoms with Gasteiger partial charge < -0.3 is 15.0 Å². The fourth-order valence-corrected chi connectivity index (χ4v) is 5.01. The number of likely N-dealkylation sites (N-methyl/N-ethyl adjacent to an activating group) is 1. The van der Waals surface area contributed by atoms with Gasteiger partial charge in [-0.15, -0.1) is 0 Å². The van der Waals surface area contributed by atoms with E-state index >= 15 is 0 Å². The minimum Gasteiger partial charge on any atom is -0.463 e. The summed E-state index contributed by atoms with van der Waals surface area (Å²) in [5.41, 5.74) is 2.06. The van der Waals surface area contributed by atoms with Gasteiger partial charge in [-0.3, -0.25) is 14.6 Å². The summed E-state index contributed by atoms with van der Waals surface area (Å²) < 4.78 is 19.0. The van der Waals surface area contributed by atoms with Crippen molar-refractivity contribution in [2.75, 3.05) is 45.9 Å². The maximum absolute atomic E-state index is 13.6. The molecule has 1 unspecified atom stereocenters. The number of hydrogen-bond acceptors (Lipinski definition) is 5. The lowest BCUT2D eigenvalue weighted by molar-refractivity contribution is -0.139. The van der Waals surface area contributed by atoms with Gasteiger partial charge in [-0.05, 0) is 62.2 Å². The summed E-state index contributed by atoms with van der Waals surface area (Å²) in [5.74, 6) is -0.988. The average Bonchev–Trinajstić information content (AvgIpc) is 3.15. The molecule has 1 fully saturated rings. The molecule has 38 heavy (non-hydrogen) atoms. The first-order valence-electron chi connectivity index (χ1n) is 12.8. The van der Waals surface area contributed by atoms with Crippen LogP contribution in [0.25, 0.3) is 0 Å². The lowest BCUT2D eigenvalue weighted by atomic mass is 9.94. The van der Waals surface area contributed by atoms with Gasteiger partial charge in [-0.1, -0.05) is 23.7 Å². The van der Waals surface area contributed by atoms with Crippen molar-refractivity contribution in [3.8, 4) is 0 Å². The molecule has 8 nitrogen and oxygen atoms in total. The Morgan fingerprint density at radius 3 is 2.39 bits per heavy atom. The number of amides is 3. The van der Waals surface area contributed by atoms with E-state index in [9.17, 15) is 18.8 Å². The SMILES string of the molecule is CCOC(=O)C1=C(CN2CCCN(C(=O)c3ccc(Cl)cc3)CC2)N(CC)C(=O)NC1c1ccc(F)cc1. The molecular formula is C28H32ClFN4O4. The molecule has 0 spiro atoms. The number of carbonyl (C=O) groups is 3. The van der Waals surface area contributed by atoms with Crippen LogP contribution in [0.2, 0.25) is 5.02 Å². The van der Waals surface area contributed by atoms with E-state index in [-0.39, 0.29) is 18.5 Å². The predicted molar refractivity (Wildman–Crippen MR) is 142 cm³/mol. The molecule has 2 heterocycles. The molecule has 1 saturated heterocycles. The molecule has 0 aromatic heterocycles.